The molecule has 1 aromatic heterocycles. The summed E-state index contributed by atoms with van der Waals surface area (Å²) in [5.41, 5.74) is 11.7. The van der Waals surface area contributed by atoms with Gasteiger partial charge in [-0.1, -0.05) is 18.2 Å². The van der Waals surface area contributed by atoms with Crippen molar-refractivity contribution >= 4 is 12.2 Å². The van der Waals surface area contributed by atoms with Gasteiger partial charge in [0.05, 0.1) is 18.1 Å². The van der Waals surface area contributed by atoms with Gasteiger partial charge in [0.2, 0.25) is 5.96 Å². The molecule has 1 heterocycles. The molecule has 7 nitrogen and oxygen atoms in total. The molecule has 2 rings (SSSR count). The van der Waals surface area contributed by atoms with E-state index in [-0.39, 0.29) is 5.96 Å². The number of aromatic nitrogens is 3. The normalized spacial score (nSPS) is 10.6. The van der Waals surface area contributed by atoms with Crippen molar-refractivity contribution in [1.82, 2.24) is 15.0 Å². The van der Waals surface area contributed by atoms with E-state index in [1.54, 1.807) is 6.20 Å². The molecule has 0 radical (unpaired) electrons. The first-order valence-electron chi connectivity index (χ1n) is 4.85. The monoisotopic (exact) mass is 229 g/mol. The number of nitrogens with two attached hydrogens (primary N) is 2. The van der Waals surface area contributed by atoms with Crippen LogP contribution in [0.5, 0.6) is 0 Å². The highest BCUT2D eigenvalue weighted by molar-refractivity contribution is 5.79. The summed E-state index contributed by atoms with van der Waals surface area (Å²) in [5, 5.41) is 15.4. The average molecular weight is 229 g/mol. The van der Waals surface area contributed by atoms with Gasteiger partial charge in [0, 0.05) is 0 Å². The van der Waals surface area contributed by atoms with E-state index in [0.717, 1.165) is 5.69 Å². The average Bonchev–Trinajstić information content (AvgIpc) is 2.78. The van der Waals surface area contributed by atoms with Crippen molar-refractivity contribution in [2.45, 2.75) is 0 Å². The maximum Gasteiger partial charge on any atom is 0.211 e. The lowest BCUT2D eigenvalue weighted by Gasteiger charge is -1.96. The Morgan fingerprint density at radius 3 is 2.71 bits per heavy atom. The zero-order valence-corrected chi connectivity index (χ0v) is 8.93. The van der Waals surface area contributed by atoms with E-state index in [1.165, 1.54) is 11.0 Å². The summed E-state index contributed by atoms with van der Waals surface area (Å²) in [4.78, 5) is 1.50. The Bertz CT molecular complexity index is 537. The van der Waals surface area contributed by atoms with Crippen molar-refractivity contribution < 1.29 is 0 Å². The zero-order valence-electron chi connectivity index (χ0n) is 8.93. The Balaban J connectivity index is 2.17. The fourth-order valence-corrected chi connectivity index (χ4v) is 1.17. The highest BCUT2D eigenvalue weighted by Gasteiger charge is 1.99. The van der Waals surface area contributed by atoms with E-state index in [1.807, 2.05) is 30.3 Å². The summed E-state index contributed by atoms with van der Waals surface area (Å²) in [7, 11) is 0. The zero-order chi connectivity index (χ0) is 12.1. The van der Waals surface area contributed by atoms with Gasteiger partial charge in [0.25, 0.3) is 0 Å². The van der Waals surface area contributed by atoms with Crippen LogP contribution in [0.1, 0.15) is 5.69 Å². The van der Waals surface area contributed by atoms with Gasteiger partial charge in [-0.15, -0.1) is 10.2 Å². The Hall–Kier alpha value is -2.70. The summed E-state index contributed by atoms with van der Waals surface area (Å²) in [6, 6.07) is 9.54. The predicted octanol–water partition coefficient (Wildman–Crippen LogP) is -0.125. The summed E-state index contributed by atoms with van der Waals surface area (Å²) >= 11 is 0. The molecular weight excluding hydrogens is 218 g/mol. The topological polar surface area (TPSA) is 107 Å². The van der Waals surface area contributed by atoms with E-state index >= 15 is 0 Å². The second-order valence-corrected chi connectivity index (χ2v) is 3.16. The molecule has 0 fully saturated rings. The van der Waals surface area contributed by atoms with Crippen LogP contribution in [-0.4, -0.2) is 27.2 Å². The van der Waals surface area contributed by atoms with E-state index in [2.05, 4.69) is 20.4 Å². The first-order valence-corrected chi connectivity index (χ1v) is 4.85. The fourth-order valence-electron chi connectivity index (χ4n) is 1.17. The van der Waals surface area contributed by atoms with Crippen molar-refractivity contribution in [3.8, 4) is 5.69 Å². The highest BCUT2D eigenvalue weighted by atomic mass is 15.5. The van der Waals surface area contributed by atoms with Crippen LogP contribution >= 0.6 is 0 Å². The number of benzene rings is 1. The molecule has 0 aliphatic carbocycles. The quantitative estimate of drug-likeness (QED) is 0.434. The van der Waals surface area contributed by atoms with Crippen LogP contribution in [0.15, 0.2) is 46.7 Å². The molecule has 0 saturated heterocycles. The lowest BCUT2D eigenvalue weighted by atomic mass is 10.3. The summed E-state index contributed by atoms with van der Waals surface area (Å²) < 4.78 is 0. The minimum absolute atomic E-state index is 0.100. The first kappa shape index (κ1) is 10.8. The number of hydrogen-bond acceptors (Lipinski definition) is 4. The van der Waals surface area contributed by atoms with Crippen molar-refractivity contribution in [1.29, 1.82) is 0 Å². The molecule has 86 valence electrons. The third-order valence-corrected chi connectivity index (χ3v) is 1.86. The van der Waals surface area contributed by atoms with Crippen LogP contribution in [0.3, 0.4) is 0 Å². The number of rotatable bonds is 3. The van der Waals surface area contributed by atoms with Gasteiger partial charge in [-0.2, -0.15) is 15.0 Å². The van der Waals surface area contributed by atoms with Crippen LogP contribution in [0.4, 0.5) is 0 Å². The predicted molar refractivity (Wildman–Crippen MR) is 64.8 cm³/mol. The van der Waals surface area contributed by atoms with Crippen LogP contribution in [0.25, 0.3) is 5.69 Å². The van der Waals surface area contributed by atoms with Crippen LogP contribution in [0.2, 0.25) is 0 Å². The van der Waals surface area contributed by atoms with Gasteiger partial charge in [0.15, 0.2) is 0 Å². The summed E-state index contributed by atoms with van der Waals surface area (Å²) in [6.07, 6.45) is 2.99. The van der Waals surface area contributed by atoms with Gasteiger partial charge >= 0.3 is 0 Å². The van der Waals surface area contributed by atoms with Crippen molar-refractivity contribution in [3.63, 3.8) is 0 Å². The summed E-state index contributed by atoms with van der Waals surface area (Å²) in [6.45, 7) is 0. The Kier molecular flexibility index (Phi) is 3.10. The highest BCUT2D eigenvalue weighted by Crippen LogP contribution is 2.03. The standard InChI is InChI=1S/C10H11N7/c11-10(12)15-13-6-8-7-14-17(16-8)9-4-2-1-3-5-9/h1-7H,(H4,11,12,15)/b13-6+. The van der Waals surface area contributed by atoms with Crippen molar-refractivity contribution in [3.05, 3.63) is 42.2 Å². The second-order valence-electron chi connectivity index (χ2n) is 3.16. The molecule has 0 atom stereocenters. The van der Waals surface area contributed by atoms with E-state index < -0.39 is 0 Å². The van der Waals surface area contributed by atoms with Crippen molar-refractivity contribution in [2.75, 3.05) is 0 Å². The molecule has 0 unspecified atom stereocenters. The lowest BCUT2D eigenvalue weighted by molar-refractivity contribution is 0.751. The van der Waals surface area contributed by atoms with Gasteiger partial charge in [-0.3, -0.25) is 0 Å². The maximum atomic E-state index is 5.13. The number of nitrogens with zero attached hydrogens (tertiary/aromatic N) is 5. The van der Waals surface area contributed by atoms with Gasteiger partial charge < -0.3 is 11.5 Å². The lowest BCUT2D eigenvalue weighted by Crippen LogP contribution is -2.21. The molecule has 0 bridgehead atoms. The third-order valence-electron chi connectivity index (χ3n) is 1.86. The van der Waals surface area contributed by atoms with Gasteiger partial charge in [-0.25, -0.2) is 0 Å². The number of para-hydroxylation sites is 1. The largest absolute Gasteiger partial charge is 0.369 e. The second kappa shape index (κ2) is 4.88. The first-order chi connectivity index (χ1) is 8.25. The SMILES string of the molecule is NC(N)=N/N=C/c1cnn(-c2ccccc2)n1. The minimum atomic E-state index is -0.100. The van der Waals surface area contributed by atoms with Crippen LogP contribution in [0, 0.1) is 0 Å². The molecule has 4 N–H and O–H groups in total. The summed E-state index contributed by atoms with van der Waals surface area (Å²) in [5.74, 6) is -0.100. The van der Waals surface area contributed by atoms with Gasteiger partial charge in [0.1, 0.15) is 5.69 Å². The van der Waals surface area contributed by atoms with E-state index in [4.69, 9.17) is 11.5 Å². The van der Waals surface area contributed by atoms with Gasteiger partial charge in [-0.05, 0) is 12.1 Å². The number of guanidine groups is 1. The Labute approximate surface area is 97.5 Å². The van der Waals surface area contributed by atoms with E-state index in [9.17, 15) is 0 Å². The third kappa shape index (κ3) is 2.88. The fraction of sp³-hybridized carbons (Fsp3) is 0. The van der Waals surface area contributed by atoms with Crippen LogP contribution < -0.4 is 11.5 Å². The number of hydrogen-bond donors (Lipinski definition) is 2. The molecule has 2 aromatic rings. The molecule has 7 heteroatoms. The molecule has 1 aromatic carbocycles. The van der Waals surface area contributed by atoms with Crippen LogP contribution in [-0.2, 0) is 0 Å². The molecule has 17 heavy (non-hydrogen) atoms. The minimum Gasteiger partial charge on any atom is -0.369 e. The molecule has 0 spiro atoms. The van der Waals surface area contributed by atoms with E-state index in [0.29, 0.717) is 5.69 Å². The molecule has 0 amide bonds. The maximum absolute atomic E-state index is 5.13. The molecule has 0 saturated carbocycles. The molecule has 0 aliphatic rings. The van der Waals surface area contributed by atoms with Crippen molar-refractivity contribution in [2.24, 2.45) is 21.7 Å². The Morgan fingerprint density at radius 1 is 1.24 bits per heavy atom. The smallest absolute Gasteiger partial charge is 0.211 e. The molecule has 0 aliphatic heterocycles. The Morgan fingerprint density at radius 2 is 2.00 bits per heavy atom. The molecular formula is C10H11N7.